The Hall–Kier alpha value is -1.88. The van der Waals surface area contributed by atoms with Gasteiger partial charge in [-0.15, -0.1) is 0 Å². The lowest BCUT2D eigenvalue weighted by atomic mass is 10.0. The number of aromatic nitrogens is 1. The van der Waals surface area contributed by atoms with Crippen molar-refractivity contribution in [3.05, 3.63) is 40.1 Å². The molecule has 136 valence electrons. The average Bonchev–Trinajstić information content (AvgIpc) is 2.64. The summed E-state index contributed by atoms with van der Waals surface area (Å²) in [4.78, 5) is 17.1. The summed E-state index contributed by atoms with van der Waals surface area (Å²) in [6, 6.07) is 3.26. The third-order valence-electron chi connectivity index (χ3n) is 5.09. The lowest BCUT2D eigenvalue weighted by Gasteiger charge is -2.32. The highest BCUT2D eigenvalue weighted by Gasteiger charge is 2.22. The molecule has 1 aliphatic rings. The lowest BCUT2D eigenvalue weighted by molar-refractivity contribution is 0.0967. The summed E-state index contributed by atoms with van der Waals surface area (Å²) < 4.78 is 21.0. The van der Waals surface area contributed by atoms with Gasteiger partial charge in [0.25, 0.3) is 5.56 Å². The second-order valence-corrected chi connectivity index (χ2v) is 6.81. The Labute approximate surface area is 148 Å². The smallest absolute Gasteiger partial charge is 0.255 e. The molecule has 1 aliphatic heterocycles. The lowest BCUT2D eigenvalue weighted by Crippen LogP contribution is -2.38. The molecular formula is C20H27FN2O2. The molecule has 0 aliphatic carbocycles. The van der Waals surface area contributed by atoms with Crippen LogP contribution < -0.4 is 10.3 Å². The normalized spacial score (nSPS) is 16.4. The van der Waals surface area contributed by atoms with Gasteiger partial charge in [0.05, 0.1) is 5.39 Å². The van der Waals surface area contributed by atoms with Crippen LogP contribution in [-0.2, 0) is 6.42 Å². The van der Waals surface area contributed by atoms with Crippen LogP contribution in [-0.4, -0.2) is 35.6 Å². The number of rotatable bonds is 6. The van der Waals surface area contributed by atoms with Crippen LogP contribution in [0.15, 0.2) is 23.1 Å². The third-order valence-corrected chi connectivity index (χ3v) is 5.09. The van der Waals surface area contributed by atoms with Crippen molar-refractivity contribution in [2.24, 2.45) is 0 Å². The number of nitrogens with one attached hydrogen (secondary N) is 1. The molecule has 0 saturated carbocycles. The van der Waals surface area contributed by atoms with Gasteiger partial charge in [-0.2, -0.15) is 0 Å². The van der Waals surface area contributed by atoms with E-state index >= 15 is 4.39 Å². The second-order valence-electron chi connectivity index (χ2n) is 6.81. The molecule has 1 saturated heterocycles. The van der Waals surface area contributed by atoms with Gasteiger partial charge >= 0.3 is 0 Å². The topological polar surface area (TPSA) is 45.3 Å². The molecule has 0 spiro atoms. The molecule has 5 heteroatoms. The summed E-state index contributed by atoms with van der Waals surface area (Å²) in [5.74, 6) is -0.145. The van der Waals surface area contributed by atoms with E-state index in [1.165, 1.54) is 12.8 Å². The van der Waals surface area contributed by atoms with Crippen molar-refractivity contribution in [2.75, 3.05) is 19.6 Å². The van der Waals surface area contributed by atoms with Crippen LogP contribution in [0.25, 0.3) is 10.8 Å². The molecule has 2 heterocycles. The van der Waals surface area contributed by atoms with Crippen LogP contribution in [0, 0.1) is 5.82 Å². The Morgan fingerprint density at radius 2 is 2.04 bits per heavy atom. The van der Waals surface area contributed by atoms with Gasteiger partial charge < -0.3 is 14.6 Å². The van der Waals surface area contributed by atoms with Crippen molar-refractivity contribution < 1.29 is 9.13 Å². The number of fused-ring (bicyclic) bond motifs is 1. The number of pyridine rings is 1. The standard InChI is InChI=1S/C20H27FN2O2/c1-3-5-10-23-11-8-15(9-12-23)25-17-7-6-16-18(19(17)21)14(4-2)13-22-20(16)24/h6-7,13,15H,3-5,8-12H2,1-2H3,(H,22,24). The summed E-state index contributed by atoms with van der Waals surface area (Å²) in [5, 5.41) is 0.780. The van der Waals surface area contributed by atoms with Crippen LogP contribution in [0.5, 0.6) is 5.75 Å². The van der Waals surface area contributed by atoms with Crippen molar-refractivity contribution in [1.82, 2.24) is 9.88 Å². The van der Waals surface area contributed by atoms with E-state index < -0.39 is 5.82 Å². The fourth-order valence-electron chi connectivity index (χ4n) is 3.54. The number of halogens is 1. The first-order chi connectivity index (χ1) is 12.1. The summed E-state index contributed by atoms with van der Waals surface area (Å²) in [6.07, 6.45) is 6.55. The molecule has 1 aromatic heterocycles. The number of nitrogens with zero attached hydrogens (tertiary/aromatic N) is 1. The molecule has 0 radical (unpaired) electrons. The number of H-pyrrole nitrogens is 1. The van der Waals surface area contributed by atoms with E-state index in [9.17, 15) is 4.79 Å². The van der Waals surface area contributed by atoms with E-state index in [0.29, 0.717) is 17.2 Å². The van der Waals surface area contributed by atoms with Gasteiger partial charge in [-0.3, -0.25) is 4.79 Å². The van der Waals surface area contributed by atoms with Gasteiger partial charge in [0.2, 0.25) is 0 Å². The number of benzene rings is 1. The van der Waals surface area contributed by atoms with E-state index in [2.05, 4.69) is 16.8 Å². The molecule has 1 N–H and O–H groups in total. The molecule has 4 nitrogen and oxygen atoms in total. The zero-order valence-corrected chi connectivity index (χ0v) is 15.1. The summed E-state index contributed by atoms with van der Waals surface area (Å²) >= 11 is 0. The summed E-state index contributed by atoms with van der Waals surface area (Å²) in [5.41, 5.74) is 0.536. The van der Waals surface area contributed by atoms with Gasteiger partial charge in [-0.05, 0) is 49.9 Å². The Morgan fingerprint density at radius 3 is 2.72 bits per heavy atom. The van der Waals surface area contributed by atoms with Crippen LogP contribution in [0.3, 0.4) is 0 Å². The third kappa shape index (κ3) is 3.87. The number of aromatic amines is 1. The van der Waals surface area contributed by atoms with Gasteiger partial charge in [-0.1, -0.05) is 20.3 Å². The number of aryl methyl sites for hydroxylation is 1. The summed E-state index contributed by atoms with van der Waals surface area (Å²) in [6.45, 7) is 7.29. The van der Waals surface area contributed by atoms with Crippen molar-refractivity contribution >= 4 is 10.8 Å². The molecule has 1 fully saturated rings. The number of unbranched alkanes of at least 4 members (excludes halogenated alkanes) is 1. The molecular weight excluding hydrogens is 319 g/mol. The van der Waals surface area contributed by atoms with E-state index in [1.54, 1.807) is 18.3 Å². The number of ether oxygens (including phenoxy) is 1. The highest BCUT2D eigenvalue weighted by atomic mass is 19.1. The fourth-order valence-corrected chi connectivity index (χ4v) is 3.54. The first kappa shape index (κ1) is 17.9. The zero-order valence-electron chi connectivity index (χ0n) is 15.1. The zero-order chi connectivity index (χ0) is 17.8. The van der Waals surface area contributed by atoms with Gasteiger partial charge in [0, 0.05) is 24.7 Å². The van der Waals surface area contributed by atoms with Gasteiger partial charge in [0.1, 0.15) is 6.10 Å². The SMILES string of the molecule is CCCCN1CCC(Oc2ccc3c(=O)[nH]cc(CC)c3c2F)CC1. The van der Waals surface area contributed by atoms with E-state index in [1.807, 2.05) is 6.92 Å². The maximum atomic E-state index is 15.0. The van der Waals surface area contributed by atoms with Gasteiger partial charge in [-0.25, -0.2) is 4.39 Å². The molecule has 25 heavy (non-hydrogen) atoms. The molecule has 0 amide bonds. The highest BCUT2D eigenvalue weighted by Crippen LogP contribution is 2.29. The van der Waals surface area contributed by atoms with Crippen molar-refractivity contribution in [1.29, 1.82) is 0 Å². The second kappa shape index (κ2) is 8.00. The minimum atomic E-state index is -0.408. The van der Waals surface area contributed by atoms with Crippen LogP contribution in [0.2, 0.25) is 0 Å². The molecule has 0 unspecified atom stereocenters. The number of likely N-dealkylation sites (tertiary alicyclic amines) is 1. The fraction of sp³-hybridized carbons (Fsp3) is 0.550. The first-order valence-electron chi connectivity index (χ1n) is 9.35. The highest BCUT2D eigenvalue weighted by molar-refractivity contribution is 5.86. The largest absolute Gasteiger partial charge is 0.487 e. The van der Waals surface area contributed by atoms with Gasteiger partial charge in [0.15, 0.2) is 11.6 Å². The Balaban J connectivity index is 1.77. The maximum absolute atomic E-state index is 15.0. The molecule has 3 rings (SSSR count). The van der Waals surface area contributed by atoms with Crippen LogP contribution in [0.1, 0.15) is 45.1 Å². The summed E-state index contributed by atoms with van der Waals surface area (Å²) in [7, 11) is 0. The predicted molar refractivity (Wildman–Crippen MR) is 98.9 cm³/mol. The van der Waals surface area contributed by atoms with E-state index in [4.69, 9.17) is 4.74 Å². The number of piperidine rings is 1. The average molecular weight is 346 g/mol. The van der Waals surface area contributed by atoms with E-state index in [-0.39, 0.29) is 17.4 Å². The Kier molecular flexibility index (Phi) is 5.74. The quantitative estimate of drug-likeness (QED) is 0.863. The van der Waals surface area contributed by atoms with Crippen molar-refractivity contribution in [3.63, 3.8) is 0 Å². The van der Waals surface area contributed by atoms with Crippen LogP contribution >= 0.6 is 0 Å². The van der Waals surface area contributed by atoms with Crippen LogP contribution in [0.4, 0.5) is 4.39 Å². The maximum Gasteiger partial charge on any atom is 0.255 e. The molecule has 0 atom stereocenters. The molecule has 0 bridgehead atoms. The number of hydrogen-bond donors (Lipinski definition) is 1. The Bertz CT molecular complexity index is 779. The number of hydrogen-bond acceptors (Lipinski definition) is 3. The minimum absolute atomic E-state index is 0.0388. The molecule has 2 aromatic rings. The minimum Gasteiger partial charge on any atom is -0.487 e. The van der Waals surface area contributed by atoms with Crippen molar-refractivity contribution in [2.45, 2.75) is 52.1 Å². The monoisotopic (exact) mass is 346 g/mol. The van der Waals surface area contributed by atoms with Crippen molar-refractivity contribution in [3.8, 4) is 5.75 Å². The predicted octanol–water partition coefficient (Wildman–Crippen LogP) is 3.87. The first-order valence-corrected chi connectivity index (χ1v) is 9.35. The molecule has 1 aromatic carbocycles. The Morgan fingerprint density at radius 1 is 1.28 bits per heavy atom. The van der Waals surface area contributed by atoms with E-state index in [0.717, 1.165) is 38.0 Å².